The number of fused-ring (bicyclic) bond motifs is 1. The van der Waals surface area contributed by atoms with E-state index in [0.717, 1.165) is 36.8 Å². The monoisotopic (exact) mass is 383 g/mol. The topological polar surface area (TPSA) is 55.4 Å². The van der Waals surface area contributed by atoms with Crippen molar-refractivity contribution in [2.45, 2.75) is 52.1 Å². The maximum atomic E-state index is 12.7. The SMILES string of the molecule is CC(C)OC(=O)c1c(NC(=O)C=Cc2ccccc2)sc2c1CCCCC2. The van der Waals surface area contributed by atoms with Crippen LogP contribution in [0.1, 0.15) is 59.5 Å². The van der Waals surface area contributed by atoms with E-state index >= 15 is 0 Å². The lowest BCUT2D eigenvalue weighted by Crippen LogP contribution is -2.16. The van der Waals surface area contributed by atoms with Crippen LogP contribution in [0.5, 0.6) is 0 Å². The van der Waals surface area contributed by atoms with Crippen LogP contribution in [0.3, 0.4) is 0 Å². The number of rotatable bonds is 5. The Morgan fingerprint density at radius 1 is 1.11 bits per heavy atom. The first-order valence-electron chi connectivity index (χ1n) is 9.44. The van der Waals surface area contributed by atoms with Gasteiger partial charge in [0.15, 0.2) is 0 Å². The molecule has 4 nitrogen and oxygen atoms in total. The fourth-order valence-electron chi connectivity index (χ4n) is 3.21. The summed E-state index contributed by atoms with van der Waals surface area (Å²) >= 11 is 1.51. The Hall–Kier alpha value is -2.40. The number of nitrogens with one attached hydrogen (secondary N) is 1. The van der Waals surface area contributed by atoms with Crippen LogP contribution in [0.4, 0.5) is 5.00 Å². The smallest absolute Gasteiger partial charge is 0.341 e. The normalized spacial score (nSPS) is 14.0. The second-order valence-corrected chi connectivity index (χ2v) is 8.06. The molecule has 1 heterocycles. The summed E-state index contributed by atoms with van der Waals surface area (Å²) in [5, 5.41) is 3.51. The third-order valence-corrected chi connectivity index (χ3v) is 5.64. The molecule has 1 amide bonds. The molecular weight excluding hydrogens is 358 g/mol. The van der Waals surface area contributed by atoms with Crippen LogP contribution >= 0.6 is 11.3 Å². The number of thiophene rings is 1. The number of anilines is 1. The average molecular weight is 384 g/mol. The highest BCUT2D eigenvalue weighted by Crippen LogP contribution is 2.38. The molecule has 1 N–H and O–H groups in total. The Bertz CT molecular complexity index is 837. The molecule has 0 bridgehead atoms. The van der Waals surface area contributed by atoms with Gasteiger partial charge in [-0.3, -0.25) is 4.79 Å². The molecule has 1 aromatic carbocycles. The molecule has 0 saturated heterocycles. The second kappa shape index (κ2) is 9.00. The lowest BCUT2D eigenvalue weighted by atomic mass is 10.1. The van der Waals surface area contributed by atoms with Gasteiger partial charge in [-0.15, -0.1) is 11.3 Å². The molecule has 0 radical (unpaired) electrons. The number of ether oxygens (including phenoxy) is 1. The van der Waals surface area contributed by atoms with E-state index in [9.17, 15) is 9.59 Å². The van der Waals surface area contributed by atoms with Gasteiger partial charge < -0.3 is 10.1 Å². The zero-order valence-corrected chi connectivity index (χ0v) is 16.6. The van der Waals surface area contributed by atoms with Gasteiger partial charge in [0.2, 0.25) is 5.91 Å². The average Bonchev–Trinajstić information content (AvgIpc) is 2.81. The minimum atomic E-state index is -0.341. The van der Waals surface area contributed by atoms with Crippen LogP contribution in [0, 0.1) is 0 Å². The molecule has 1 aromatic heterocycles. The Morgan fingerprint density at radius 2 is 1.85 bits per heavy atom. The van der Waals surface area contributed by atoms with Gasteiger partial charge in [-0.2, -0.15) is 0 Å². The predicted octanol–water partition coefficient (Wildman–Crippen LogP) is 5.23. The number of carbonyl (C=O) groups excluding carboxylic acids is 2. The number of carbonyl (C=O) groups is 2. The van der Waals surface area contributed by atoms with Crippen molar-refractivity contribution >= 4 is 34.3 Å². The molecule has 3 rings (SSSR count). The highest BCUT2D eigenvalue weighted by Gasteiger charge is 2.26. The van der Waals surface area contributed by atoms with Gasteiger partial charge in [-0.25, -0.2) is 4.79 Å². The highest BCUT2D eigenvalue weighted by atomic mass is 32.1. The van der Waals surface area contributed by atoms with E-state index in [0.29, 0.717) is 10.6 Å². The van der Waals surface area contributed by atoms with Crippen molar-refractivity contribution in [3.8, 4) is 0 Å². The first-order chi connectivity index (χ1) is 13.0. The Labute approximate surface area is 164 Å². The number of esters is 1. The fourth-order valence-corrected chi connectivity index (χ4v) is 4.49. The summed E-state index contributed by atoms with van der Waals surface area (Å²) in [5.74, 6) is -0.583. The van der Waals surface area contributed by atoms with E-state index < -0.39 is 0 Å². The quantitative estimate of drug-likeness (QED) is 0.437. The number of benzene rings is 1. The van der Waals surface area contributed by atoms with Gasteiger partial charge in [0, 0.05) is 11.0 Å². The summed E-state index contributed by atoms with van der Waals surface area (Å²) in [6.07, 6.45) is 8.24. The molecule has 0 spiro atoms. The van der Waals surface area contributed by atoms with Gasteiger partial charge >= 0.3 is 5.97 Å². The maximum absolute atomic E-state index is 12.7. The molecule has 0 saturated carbocycles. The molecule has 142 valence electrons. The van der Waals surface area contributed by atoms with Gasteiger partial charge in [0.25, 0.3) is 0 Å². The Balaban J connectivity index is 1.84. The lowest BCUT2D eigenvalue weighted by Gasteiger charge is -2.11. The summed E-state index contributed by atoms with van der Waals surface area (Å²) < 4.78 is 5.45. The third kappa shape index (κ3) is 5.07. The minimum Gasteiger partial charge on any atom is -0.459 e. The van der Waals surface area contributed by atoms with Crippen molar-refractivity contribution in [1.29, 1.82) is 0 Å². The van der Waals surface area contributed by atoms with E-state index in [2.05, 4.69) is 5.32 Å². The summed E-state index contributed by atoms with van der Waals surface area (Å²) in [6.45, 7) is 3.67. The van der Waals surface area contributed by atoms with Crippen molar-refractivity contribution < 1.29 is 14.3 Å². The van der Waals surface area contributed by atoms with E-state index in [4.69, 9.17) is 4.74 Å². The van der Waals surface area contributed by atoms with E-state index in [1.54, 1.807) is 6.08 Å². The molecule has 1 aliphatic rings. The molecule has 0 unspecified atom stereocenters. The first-order valence-corrected chi connectivity index (χ1v) is 10.3. The van der Waals surface area contributed by atoms with E-state index in [-0.39, 0.29) is 18.0 Å². The van der Waals surface area contributed by atoms with Gasteiger partial charge in [-0.1, -0.05) is 36.8 Å². The van der Waals surface area contributed by atoms with Crippen molar-refractivity contribution in [3.63, 3.8) is 0 Å². The summed E-state index contributed by atoms with van der Waals surface area (Å²) in [4.78, 5) is 26.3. The van der Waals surface area contributed by atoms with E-state index in [1.165, 1.54) is 28.7 Å². The highest BCUT2D eigenvalue weighted by molar-refractivity contribution is 7.17. The minimum absolute atomic E-state index is 0.194. The number of amides is 1. The number of hydrogen-bond acceptors (Lipinski definition) is 4. The van der Waals surface area contributed by atoms with Crippen LogP contribution < -0.4 is 5.32 Å². The standard InChI is InChI=1S/C22H25NO3S/c1-15(2)26-22(25)20-17-11-7-4-8-12-18(17)27-21(20)23-19(24)14-13-16-9-5-3-6-10-16/h3,5-6,9-10,13-15H,4,7-8,11-12H2,1-2H3,(H,23,24). The summed E-state index contributed by atoms with van der Waals surface area (Å²) in [6, 6.07) is 9.65. The summed E-state index contributed by atoms with van der Waals surface area (Å²) in [7, 11) is 0. The van der Waals surface area contributed by atoms with Crippen LogP contribution in [-0.2, 0) is 22.4 Å². The van der Waals surface area contributed by atoms with Gasteiger partial charge in [0.05, 0.1) is 11.7 Å². The Morgan fingerprint density at radius 3 is 2.59 bits per heavy atom. The summed E-state index contributed by atoms with van der Waals surface area (Å²) in [5.41, 5.74) is 2.56. The number of aryl methyl sites for hydroxylation is 1. The molecule has 5 heteroatoms. The van der Waals surface area contributed by atoms with Crippen LogP contribution in [0.15, 0.2) is 36.4 Å². The first kappa shape index (κ1) is 19.4. The van der Waals surface area contributed by atoms with Crippen molar-refractivity contribution in [2.75, 3.05) is 5.32 Å². The lowest BCUT2D eigenvalue weighted by molar-refractivity contribution is -0.111. The largest absolute Gasteiger partial charge is 0.459 e. The van der Waals surface area contributed by atoms with Crippen LogP contribution in [0.2, 0.25) is 0 Å². The van der Waals surface area contributed by atoms with Crippen LogP contribution in [0.25, 0.3) is 6.08 Å². The molecule has 27 heavy (non-hydrogen) atoms. The molecule has 1 aliphatic carbocycles. The molecule has 0 aliphatic heterocycles. The van der Waals surface area contributed by atoms with Crippen molar-refractivity contribution in [2.24, 2.45) is 0 Å². The molecule has 2 aromatic rings. The van der Waals surface area contributed by atoms with Gasteiger partial charge in [0.1, 0.15) is 5.00 Å². The predicted molar refractivity (Wildman–Crippen MR) is 110 cm³/mol. The maximum Gasteiger partial charge on any atom is 0.341 e. The zero-order valence-electron chi connectivity index (χ0n) is 15.8. The van der Waals surface area contributed by atoms with Crippen molar-refractivity contribution in [3.05, 3.63) is 58.0 Å². The molecular formula is C22H25NO3S. The Kier molecular flexibility index (Phi) is 6.45. The molecule has 0 atom stereocenters. The van der Waals surface area contributed by atoms with Crippen LogP contribution in [-0.4, -0.2) is 18.0 Å². The van der Waals surface area contributed by atoms with Crippen molar-refractivity contribution in [1.82, 2.24) is 0 Å². The van der Waals surface area contributed by atoms with E-state index in [1.807, 2.05) is 44.2 Å². The second-order valence-electron chi connectivity index (χ2n) is 6.96. The third-order valence-electron chi connectivity index (χ3n) is 4.43. The zero-order chi connectivity index (χ0) is 19.2. The van der Waals surface area contributed by atoms with Gasteiger partial charge in [-0.05, 0) is 56.7 Å². The molecule has 0 fully saturated rings. The fraction of sp³-hybridized carbons (Fsp3) is 0.364. The number of hydrogen-bond donors (Lipinski definition) is 1.